The monoisotopic (exact) mass is 400 g/mol. The predicted molar refractivity (Wildman–Crippen MR) is 114 cm³/mol. The first-order valence-corrected chi connectivity index (χ1v) is 9.39. The first kappa shape index (κ1) is 19.2. The summed E-state index contributed by atoms with van der Waals surface area (Å²) in [6, 6.07) is 19.4. The third-order valence-corrected chi connectivity index (χ3v) is 4.51. The van der Waals surface area contributed by atoms with Crippen LogP contribution in [0, 0.1) is 13.8 Å². The first-order valence-electron chi connectivity index (χ1n) is 9.39. The number of amides is 2. The van der Waals surface area contributed by atoms with Crippen LogP contribution in [0.15, 0.2) is 77.4 Å². The maximum absolute atomic E-state index is 12.6. The molecule has 2 aromatic heterocycles. The molecule has 0 saturated carbocycles. The number of hydrogen-bond donors (Lipinski definition) is 2. The van der Waals surface area contributed by atoms with Crippen molar-refractivity contribution in [3.63, 3.8) is 0 Å². The molecule has 150 valence electrons. The fourth-order valence-electron chi connectivity index (χ4n) is 3.12. The number of benzene rings is 2. The molecule has 0 aliphatic heterocycles. The van der Waals surface area contributed by atoms with Crippen LogP contribution in [0.25, 0.3) is 5.69 Å². The molecule has 2 heterocycles. The normalized spacial score (nSPS) is 10.6. The lowest BCUT2D eigenvalue weighted by molar-refractivity contribution is 0.0995. The van der Waals surface area contributed by atoms with E-state index in [1.807, 2.05) is 36.7 Å². The lowest BCUT2D eigenvalue weighted by Crippen LogP contribution is -2.13. The van der Waals surface area contributed by atoms with Crippen LogP contribution in [0.3, 0.4) is 0 Å². The Morgan fingerprint density at radius 1 is 0.867 bits per heavy atom. The Hall–Kier alpha value is -4.13. The van der Waals surface area contributed by atoms with E-state index >= 15 is 0 Å². The Morgan fingerprint density at radius 3 is 2.17 bits per heavy atom. The minimum atomic E-state index is -0.358. The van der Waals surface area contributed by atoms with Gasteiger partial charge in [-0.3, -0.25) is 9.59 Å². The summed E-state index contributed by atoms with van der Waals surface area (Å²) in [6.45, 7) is 3.93. The van der Waals surface area contributed by atoms with E-state index in [4.69, 9.17) is 4.42 Å². The second-order valence-corrected chi connectivity index (χ2v) is 6.85. The number of furan rings is 1. The molecule has 4 aromatic rings. The lowest BCUT2D eigenvalue weighted by Gasteiger charge is -2.09. The summed E-state index contributed by atoms with van der Waals surface area (Å²) in [4.78, 5) is 24.7. The van der Waals surface area contributed by atoms with E-state index in [0.717, 1.165) is 17.1 Å². The van der Waals surface area contributed by atoms with Crippen molar-refractivity contribution in [2.24, 2.45) is 0 Å². The molecule has 0 fully saturated rings. The van der Waals surface area contributed by atoms with E-state index in [-0.39, 0.29) is 17.6 Å². The number of anilines is 2. The van der Waals surface area contributed by atoms with Gasteiger partial charge in [0.2, 0.25) is 0 Å². The summed E-state index contributed by atoms with van der Waals surface area (Å²) in [5, 5.41) is 10.0. The number of carbonyl (C=O) groups excluding carboxylic acids is 2. The Morgan fingerprint density at radius 2 is 1.57 bits per heavy atom. The zero-order chi connectivity index (χ0) is 21.1. The van der Waals surface area contributed by atoms with Crippen LogP contribution in [-0.2, 0) is 0 Å². The van der Waals surface area contributed by atoms with Crippen molar-refractivity contribution in [1.29, 1.82) is 0 Å². The Balaban J connectivity index is 1.45. The number of aromatic nitrogens is 2. The van der Waals surface area contributed by atoms with Gasteiger partial charge in [-0.15, -0.1) is 0 Å². The van der Waals surface area contributed by atoms with Gasteiger partial charge in [0.25, 0.3) is 11.8 Å². The van der Waals surface area contributed by atoms with Gasteiger partial charge < -0.3 is 15.1 Å². The third-order valence-electron chi connectivity index (χ3n) is 4.51. The Labute approximate surface area is 173 Å². The maximum Gasteiger partial charge on any atom is 0.291 e. The highest BCUT2D eigenvalue weighted by atomic mass is 16.3. The molecule has 0 atom stereocenters. The van der Waals surface area contributed by atoms with E-state index in [1.54, 1.807) is 48.5 Å². The average molecular weight is 400 g/mol. The Kier molecular flexibility index (Phi) is 5.17. The van der Waals surface area contributed by atoms with Gasteiger partial charge in [0.1, 0.15) is 0 Å². The van der Waals surface area contributed by atoms with Crippen LogP contribution in [-0.4, -0.2) is 21.6 Å². The number of rotatable bonds is 5. The van der Waals surface area contributed by atoms with Crippen LogP contribution >= 0.6 is 0 Å². The number of hydrogen-bond acceptors (Lipinski definition) is 4. The van der Waals surface area contributed by atoms with Gasteiger partial charge in [-0.2, -0.15) is 5.10 Å². The standard InChI is InChI=1S/C23H20N4O3/c1-15-13-16(2)27(26-15)20-10-8-17(9-11-20)22(28)24-18-5-3-6-19(14-18)25-23(29)21-7-4-12-30-21/h3-14H,1-2H3,(H,24,28)(H,25,29). The quantitative estimate of drug-likeness (QED) is 0.513. The van der Waals surface area contributed by atoms with Crippen LogP contribution < -0.4 is 10.6 Å². The summed E-state index contributed by atoms with van der Waals surface area (Å²) in [5.41, 5.74) is 4.49. The van der Waals surface area contributed by atoms with Crippen molar-refractivity contribution in [1.82, 2.24) is 9.78 Å². The lowest BCUT2D eigenvalue weighted by atomic mass is 10.2. The molecule has 4 rings (SSSR count). The van der Waals surface area contributed by atoms with Crippen molar-refractivity contribution in [2.75, 3.05) is 10.6 Å². The minimum absolute atomic E-state index is 0.215. The molecular formula is C23H20N4O3. The molecule has 0 spiro atoms. The fraction of sp³-hybridized carbons (Fsp3) is 0.0870. The van der Waals surface area contributed by atoms with Crippen LogP contribution in [0.2, 0.25) is 0 Å². The summed E-state index contributed by atoms with van der Waals surface area (Å²) < 4.78 is 6.92. The molecule has 30 heavy (non-hydrogen) atoms. The first-order chi connectivity index (χ1) is 14.5. The van der Waals surface area contributed by atoms with Gasteiger partial charge in [0.15, 0.2) is 5.76 Å². The van der Waals surface area contributed by atoms with Crippen molar-refractivity contribution in [3.8, 4) is 5.69 Å². The molecule has 2 aromatic carbocycles. The summed E-state index contributed by atoms with van der Waals surface area (Å²) >= 11 is 0. The van der Waals surface area contributed by atoms with Crippen molar-refractivity contribution >= 4 is 23.2 Å². The molecule has 0 saturated heterocycles. The zero-order valence-electron chi connectivity index (χ0n) is 16.5. The van der Waals surface area contributed by atoms with E-state index in [9.17, 15) is 9.59 Å². The predicted octanol–water partition coefficient (Wildman–Crippen LogP) is 4.59. The average Bonchev–Trinajstić information content (AvgIpc) is 3.38. The Bertz CT molecular complexity index is 1190. The van der Waals surface area contributed by atoms with Gasteiger partial charge >= 0.3 is 0 Å². The second-order valence-electron chi connectivity index (χ2n) is 6.85. The minimum Gasteiger partial charge on any atom is -0.459 e. The van der Waals surface area contributed by atoms with E-state index in [2.05, 4.69) is 15.7 Å². The highest BCUT2D eigenvalue weighted by molar-refractivity contribution is 6.05. The van der Waals surface area contributed by atoms with Crippen LogP contribution in [0.4, 0.5) is 11.4 Å². The molecule has 7 nitrogen and oxygen atoms in total. The van der Waals surface area contributed by atoms with Crippen molar-refractivity contribution in [3.05, 3.63) is 95.7 Å². The third kappa shape index (κ3) is 4.15. The zero-order valence-corrected chi connectivity index (χ0v) is 16.5. The largest absolute Gasteiger partial charge is 0.459 e. The number of aryl methyl sites for hydroxylation is 2. The second kappa shape index (κ2) is 8.08. The van der Waals surface area contributed by atoms with Gasteiger partial charge in [0.05, 0.1) is 17.6 Å². The maximum atomic E-state index is 12.6. The molecule has 2 N–H and O–H groups in total. The number of carbonyl (C=O) groups is 2. The summed E-state index contributed by atoms with van der Waals surface area (Å²) in [6.07, 6.45) is 1.44. The molecule has 0 bridgehead atoms. The topological polar surface area (TPSA) is 89.2 Å². The highest BCUT2D eigenvalue weighted by Crippen LogP contribution is 2.18. The summed E-state index contributed by atoms with van der Waals surface area (Å²) in [5.74, 6) is -0.389. The van der Waals surface area contributed by atoms with E-state index in [0.29, 0.717) is 16.9 Å². The fourth-order valence-corrected chi connectivity index (χ4v) is 3.12. The van der Waals surface area contributed by atoms with E-state index in [1.165, 1.54) is 6.26 Å². The van der Waals surface area contributed by atoms with Crippen LogP contribution in [0.5, 0.6) is 0 Å². The summed E-state index contributed by atoms with van der Waals surface area (Å²) in [7, 11) is 0. The number of nitrogens with zero attached hydrogens (tertiary/aromatic N) is 2. The molecule has 0 unspecified atom stereocenters. The van der Waals surface area contributed by atoms with Crippen molar-refractivity contribution in [2.45, 2.75) is 13.8 Å². The van der Waals surface area contributed by atoms with Gasteiger partial charge in [-0.1, -0.05) is 6.07 Å². The van der Waals surface area contributed by atoms with Gasteiger partial charge in [0, 0.05) is 22.6 Å². The molecule has 0 aliphatic carbocycles. The number of nitrogens with one attached hydrogen (secondary N) is 2. The molecule has 0 aliphatic rings. The van der Waals surface area contributed by atoms with Crippen molar-refractivity contribution < 1.29 is 14.0 Å². The molecular weight excluding hydrogens is 380 g/mol. The van der Waals surface area contributed by atoms with Crippen LogP contribution in [0.1, 0.15) is 32.3 Å². The molecule has 2 amide bonds. The smallest absolute Gasteiger partial charge is 0.291 e. The molecule has 0 radical (unpaired) electrons. The van der Waals surface area contributed by atoms with E-state index < -0.39 is 0 Å². The highest BCUT2D eigenvalue weighted by Gasteiger charge is 2.11. The van der Waals surface area contributed by atoms with Gasteiger partial charge in [-0.25, -0.2) is 4.68 Å². The molecule has 7 heteroatoms. The van der Waals surface area contributed by atoms with Gasteiger partial charge in [-0.05, 0) is 74.5 Å². The SMILES string of the molecule is Cc1cc(C)n(-c2ccc(C(=O)Nc3cccc(NC(=O)c4ccco4)c3)cc2)n1.